The molecule has 0 N–H and O–H groups in total. The highest BCUT2D eigenvalue weighted by atomic mass is 32.2. The van der Waals surface area contributed by atoms with Crippen LogP contribution in [0.4, 0.5) is 22.0 Å². The highest BCUT2D eigenvalue weighted by Gasteiger charge is 2.28. The van der Waals surface area contributed by atoms with Crippen LogP contribution in [0.2, 0.25) is 0 Å². The Kier molecular flexibility index (Phi) is 3.54. The van der Waals surface area contributed by atoms with Gasteiger partial charge in [0, 0.05) is 6.07 Å². The minimum atomic E-state index is -4.40. The summed E-state index contributed by atoms with van der Waals surface area (Å²) in [5.41, 5.74) is -0.124. The molecule has 0 aliphatic heterocycles. The lowest BCUT2D eigenvalue weighted by molar-refractivity contribution is -0.105. The maximum atomic E-state index is 12.9. The lowest BCUT2D eigenvalue weighted by Crippen LogP contribution is -2.11. The minimum absolute atomic E-state index is 0.124. The average Bonchev–Trinajstić information content (AvgIpc) is 2.07. The first-order valence-electron chi connectivity index (χ1n) is 3.82. The second-order valence-electron chi connectivity index (χ2n) is 2.75. The van der Waals surface area contributed by atoms with E-state index in [1.54, 1.807) is 0 Å². The standard InChI is InChI=1S/C8H6F5NS/c1-4-5(9)2-6(10)7(14-4)15-3-8(11,12)13/h2H,3H2,1H3. The van der Waals surface area contributed by atoms with E-state index in [1.807, 2.05) is 0 Å². The van der Waals surface area contributed by atoms with E-state index >= 15 is 0 Å². The number of aromatic nitrogens is 1. The van der Waals surface area contributed by atoms with Gasteiger partial charge in [-0.2, -0.15) is 13.2 Å². The third-order valence-electron chi connectivity index (χ3n) is 1.45. The van der Waals surface area contributed by atoms with Gasteiger partial charge in [-0.25, -0.2) is 13.8 Å². The summed E-state index contributed by atoms with van der Waals surface area (Å²) in [5.74, 6) is -3.20. The molecule has 0 saturated carbocycles. The molecule has 0 radical (unpaired) electrons. The van der Waals surface area contributed by atoms with Gasteiger partial charge in [-0.3, -0.25) is 0 Å². The molecule has 0 spiro atoms. The first kappa shape index (κ1) is 12.2. The molecule has 15 heavy (non-hydrogen) atoms. The Morgan fingerprint density at radius 1 is 1.27 bits per heavy atom. The summed E-state index contributed by atoms with van der Waals surface area (Å²) in [5, 5.41) is -0.439. The zero-order valence-corrected chi connectivity index (χ0v) is 8.35. The van der Waals surface area contributed by atoms with E-state index in [2.05, 4.69) is 4.98 Å². The van der Waals surface area contributed by atoms with Crippen LogP contribution in [0, 0.1) is 18.6 Å². The molecule has 0 aromatic carbocycles. The molecule has 0 amide bonds. The third kappa shape index (κ3) is 3.65. The van der Waals surface area contributed by atoms with Crippen LogP contribution in [-0.2, 0) is 0 Å². The van der Waals surface area contributed by atoms with Crippen molar-refractivity contribution < 1.29 is 22.0 Å². The van der Waals surface area contributed by atoms with Gasteiger partial charge in [-0.05, 0) is 6.92 Å². The van der Waals surface area contributed by atoms with Crippen molar-refractivity contribution in [3.05, 3.63) is 23.4 Å². The van der Waals surface area contributed by atoms with Crippen LogP contribution < -0.4 is 0 Å². The monoisotopic (exact) mass is 243 g/mol. The van der Waals surface area contributed by atoms with Gasteiger partial charge in [-0.1, -0.05) is 11.8 Å². The van der Waals surface area contributed by atoms with Crippen LogP contribution in [0.5, 0.6) is 0 Å². The second kappa shape index (κ2) is 4.34. The summed E-state index contributed by atoms with van der Waals surface area (Å²) in [6.45, 7) is 1.26. The summed E-state index contributed by atoms with van der Waals surface area (Å²) in [6.07, 6.45) is -4.40. The normalized spacial score (nSPS) is 11.9. The predicted octanol–water partition coefficient (Wildman–Crippen LogP) is 3.32. The molecule has 1 aromatic heterocycles. The molecule has 84 valence electrons. The van der Waals surface area contributed by atoms with E-state index in [-0.39, 0.29) is 17.5 Å². The molecule has 0 aliphatic carbocycles. The largest absolute Gasteiger partial charge is 0.398 e. The molecule has 0 aliphatic rings. The Morgan fingerprint density at radius 3 is 2.40 bits per heavy atom. The molecule has 0 unspecified atom stereocenters. The minimum Gasteiger partial charge on any atom is -0.241 e. The van der Waals surface area contributed by atoms with Crippen molar-refractivity contribution in [2.75, 3.05) is 5.75 Å². The first-order valence-corrected chi connectivity index (χ1v) is 4.80. The quantitative estimate of drug-likeness (QED) is 0.583. The van der Waals surface area contributed by atoms with Gasteiger partial charge in [0.15, 0.2) is 5.82 Å². The molecular weight excluding hydrogens is 237 g/mol. The zero-order chi connectivity index (χ0) is 11.6. The van der Waals surface area contributed by atoms with Crippen molar-refractivity contribution in [1.82, 2.24) is 4.98 Å². The van der Waals surface area contributed by atoms with Gasteiger partial charge in [-0.15, -0.1) is 0 Å². The van der Waals surface area contributed by atoms with E-state index in [4.69, 9.17) is 0 Å². The van der Waals surface area contributed by atoms with Crippen LogP contribution in [0.1, 0.15) is 5.69 Å². The first-order chi connectivity index (χ1) is 6.79. The molecule has 7 heteroatoms. The molecule has 0 saturated heterocycles. The van der Waals surface area contributed by atoms with Crippen molar-refractivity contribution in [2.24, 2.45) is 0 Å². The summed E-state index contributed by atoms with van der Waals surface area (Å²) in [6, 6.07) is 0.529. The lowest BCUT2D eigenvalue weighted by Gasteiger charge is -2.06. The third-order valence-corrected chi connectivity index (χ3v) is 2.48. The van der Waals surface area contributed by atoms with Crippen LogP contribution >= 0.6 is 11.8 Å². The maximum absolute atomic E-state index is 12.9. The van der Waals surface area contributed by atoms with E-state index in [1.165, 1.54) is 6.92 Å². The van der Waals surface area contributed by atoms with Crippen molar-refractivity contribution in [3.63, 3.8) is 0 Å². The van der Waals surface area contributed by atoms with E-state index in [0.717, 1.165) is 0 Å². The fourth-order valence-corrected chi connectivity index (χ4v) is 1.49. The second-order valence-corrected chi connectivity index (χ2v) is 3.71. The van der Waals surface area contributed by atoms with Crippen molar-refractivity contribution in [3.8, 4) is 0 Å². The Labute approximate surface area is 86.7 Å². The lowest BCUT2D eigenvalue weighted by atomic mass is 10.3. The number of alkyl halides is 3. The fraction of sp³-hybridized carbons (Fsp3) is 0.375. The van der Waals surface area contributed by atoms with Crippen molar-refractivity contribution in [1.29, 1.82) is 0 Å². The molecule has 0 fully saturated rings. The topological polar surface area (TPSA) is 12.9 Å². The molecule has 1 rings (SSSR count). The number of pyridine rings is 1. The molecule has 0 atom stereocenters. The van der Waals surface area contributed by atoms with Crippen LogP contribution in [-0.4, -0.2) is 16.9 Å². The van der Waals surface area contributed by atoms with Crippen LogP contribution in [0.25, 0.3) is 0 Å². The zero-order valence-electron chi connectivity index (χ0n) is 7.53. The summed E-state index contributed by atoms with van der Waals surface area (Å²) in [7, 11) is 0. The van der Waals surface area contributed by atoms with Gasteiger partial charge in [0.2, 0.25) is 0 Å². The van der Waals surface area contributed by atoms with E-state index in [0.29, 0.717) is 6.07 Å². The molecule has 1 heterocycles. The Morgan fingerprint density at radius 2 is 1.87 bits per heavy atom. The number of hydrogen-bond acceptors (Lipinski definition) is 2. The van der Waals surface area contributed by atoms with Crippen molar-refractivity contribution >= 4 is 11.8 Å². The Hall–Kier alpha value is -0.850. The van der Waals surface area contributed by atoms with Crippen LogP contribution in [0.3, 0.4) is 0 Å². The van der Waals surface area contributed by atoms with Gasteiger partial charge in [0.1, 0.15) is 10.8 Å². The smallest absolute Gasteiger partial charge is 0.241 e. The van der Waals surface area contributed by atoms with Crippen molar-refractivity contribution in [2.45, 2.75) is 18.1 Å². The maximum Gasteiger partial charge on any atom is 0.398 e. The average molecular weight is 243 g/mol. The van der Waals surface area contributed by atoms with Gasteiger partial charge < -0.3 is 0 Å². The molecule has 1 nitrogen and oxygen atoms in total. The molecule has 0 bridgehead atoms. The Balaban J connectivity index is 2.82. The molecular formula is C8H6F5NS. The summed E-state index contributed by atoms with van der Waals surface area (Å²) >= 11 is 0.199. The van der Waals surface area contributed by atoms with E-state index < -0.39 is 28.6 Å². The number of thioether (sulfide) groups is 1. The predicted molar refractivity (Wildman–Crippen MR) is 45.7 cm³/mol. The van der Waals surface area contributed by atoms with Gasteiger partial charge in [0.05, 0.1) is 11.4 Å². The highest BCUT2D eigenvalue weighted by Crippen LogP contribution is 2.28. The number of hydrogen-bond donors (Lipinski definition) is 0. The number of halogens is 5. The highest BCUT2D eigenvalue weighted by molar-refractivity contribution is 7.99. The summed E-state index contributed by atoms with van der Waals surface area (Å²) in [4.78, 5) is 3.39. The molecule has 1 aromatic rings. The SMILES string of the molecule is Cc1nc(SCC(F)(F)F)c(F)cc1F. The number of aryl methyl sites for hydroxylation is 1. The van der Waals surface area contributed by atoms with E-state index in [9.17, 15) is 22.0 Å². The van der Waals surface area contributed by atoms with Gasteiger partial charge in [0.25, 0.3) is 0 Å². The Bertz CT molecular complexity index is 363. The number of nitrogens with zero attached hydrogens (tertiary/aromatic N) is 1. The fourth-order valence-electron chi connectivity index (χ4n) is 0.788. The van der Waals surface area contributed by atoms with Gasteiger partial charge >= 0.3 is 6.18 Å². The summed E-state index contributed by atoms with van der Waals surface area (Å²) < 4.78 is 61.0. The van der Waals surface area contributed by atoms with Crippen LogP contribution in [0.15, 0.2) is 11.1 Å². The number of rotatable bonds is 2.